The maximum atomic E-state index is 2.52. The molecule has 0 saturated heterocycles. The third kappa shape index (κ3) is 8.94. The van der Waals surface area contributed by atoms with Crippen molar-refractivity contribution in [2.24, 2.45) is 0 Å². The Morgan fingerprint density at radius 1 is 1.50 bits per heavy atom. The Balaban J connectivity index is 2.32. The van der Waals surface area contributed by atoms with Crippen LogP contribution in [0.3, 0.4) is 0 Å². The van der Waals surface area contributed by atoms with Crippen molar-refractivity contribution < 1.29 is 0 Å². The van der Waals surface area contributed by atoms with Crippen LogP contribution < -0.4 is 0 Å². The normalized spacial score (nSPS) is 6.75. The third-order valence-corrected chi connectivity index (χ3v) is 0. The summed E-state index contributed by atoms with van der Waals surface area (Å²) in [7, 11) is -0.539. The van der Waals surface area contributed by atoms with Crippen LogP contribution in [0.25, 0.3) is 0 Å². The second-order valence-corrected chi connectivity index (χ2v) is 34.5. The van der Waals surface area contributed by atoms with Crippen LogP contribution in [-0.2, 0) is 0 Å². The van der Waals surface area contributed by atoms with Crippen LogP contribution in [0, 0.1) is 0 Å². The molecule has 0 saturated carbocycles. The predicted molar refractivity (Wildman–Crippen MR) is 39.7 cm³/mol. The second-order valence-electron chi connectivity index (χ2n) is 0.519. The molecule has 0 atom stereocenters. The second kappa shape index (κ2) is 3.29. The van der Waals surface area contributed by atoms with Gasteiger partial charge < -0.3 is 0 Å². The van der Waals surface area contributed by atoms with Gasteiger partial charge >= 0.3 is 53.9 Å². The average Bonchev–Trinajstić information content (AvgIpc) is 0.811. The van der Waals surface area contributed by atoms with E-state index in [1.807, 2.05) is 0 Å². The van der Waals surface area contributed by atoms with Gasteiger partial charge in [0.05, 0.1) is 0 Å². The van der Waals surface area contributed by atoms with Crippen molar-refractivity contribution in [1.82, 2.24) is 0 Å². The van der Waals surface area contributed by atoms with Crippen molar-refractivity contribution in [2.75, 3.05) is 0 Å². The molecule has 0 N–H and O–H groups in total. The molecule has 0 unspecified atom stereocenters. The summed E-state index contributed by atoms with van der Waals surface area (Å²) in [4.78, 5) is 0. The SMILES string of the molecule is [CH3][Ga]([I])[I]. The summed E-state index contributed by atoms with van der Waals surface area (Å²) in [6.07, 6.45) is 0. The monoisotopic (exact) mass is 338 g/mol. The molecule has 24 valence electrons. The van der Waals surface area contributed by atoms with Crippen molar-refractivity contribution in [3.63, 3.8) is 0 Å². The summed E-state index contributed by atoms with van der Waals surface area (Å²) in [6.45, 7) is 0. The zero-order valence-corrected chi connectivity index (χ0v) is 9.07. The molecule has 0 fully saturated rings. The molecule has 0 rings (SSSR count). The predicted octanol–water partition coefficient (Wildman–Crippen LogP) is 1.97. The fourth-order valence-electron chi connectivity index (χ4n) is 0. The van der Waals surface area contributed by atoms with E-state index in [-0.39, 0.29) is 0 Å². The number of halogens is 2. The zero-order chi connectivity index (χ0) is 3.58. The first kappa shape index (κ1) is 6.10. The van der Waals surface area contributed by atoms with Gasteiger partial charge in [-0.3, -0.25) is 0 Å². The number of hydrogen-bond donors (Lipinski definition) is 0. The molecule has 0 aromatic carbocycles. The quantitative estimate of drug-likeness (QED) is 0.468. The van der Waals surface area contributed by atoms with Gasteiger partial charge in [-0.1, -0.05) is 0 Å². The van der Waals surface area contributed by atoms with Crippen molar-refractivity contribution in [3.8, 4) is 0 Å². The Hall–Kier alpha value is 2.10. The molecular weight excluding hydrogens is 336 g/mol. The van der Waals surface area contributed by atoms with Gasteiger partial charge in [0.2, 0.25) is 0 Å². The summed E-state index contributed by atoms with van der Waals surface area (Å²) in [5.41, 5.74) is 2.33. The van der Waals surface area contributed by atoms with Gasteiger partial charge in [0, 0.05) is 0 Å². The molecule has 4 heavy (non-hydrogen) atoms. The van der Waals surface area contributed by atoms with Gasteiger partial charge in [-0.2, -0.15) is 0 Å². The van der Waals surface area contributed by atoms with E-state index in [0.717, 1.165) is 0 Å². The maximum absolute atomic E-state index is 2.52. The van der Waals surface area contributed by atoms with Gasteiger partial charge in [0.1, 0.15) is 0 Å². The zero-order valence-electron chi connectivity index (χ0n) is 2.33. The Bertz CT molecular complexity index is 10.8. The molecule has 3 heteroatoms. The van der Waals surface area contributed by atoms with Gasteiger partial charge in [-0.15, -0.1) is 0 Å². The third-order valence-electron chi connectivity index (χ3n) is 0. The van der Waals surface area contributed by atoms with Crippen molar-refractivity contribution >= 4 is 48.5 Å². The molecule has 0 aliphatic rings. The molecular formula is CH3GaI2. The standard InChI is InChI=1S/CH3.Ga.2HI/h1H3;;2*1H/q;+2;;/p-2. The summed E-state index contributed by atoms with van der Waals surface area (Å²) in [5.74, 6) is 0. The fourth-order valence-corrected chi connectivity index (χ4v) is 0. The molecule has 0 nitrogen and oxygen atoms in total. The molecule has 0 spiro atoms. The minimum absolute atomic E-state index is 0.539. The molecule has 0 aliphatic carbocycles. The molecule has 0 heterocycles. The van der Waals surface area contributed by atoms with Gasteiger partial charge in [0.25, 0.3) is 0 Å². The first-order chi connectivity index (χ1) is 1.73. The van der Waals surface area contributed by atoms with E-state index in [1.165, 1.54) is 0 Å². The fraction of sp³-hybridized carbons (Fsp3) is 1.00. The van der Waals surface area contributed by atoms with Crippen LogP contribution >= 0.6 is 39.3 Å². The average molecular weight is 339 g/mol. The molecule has 0 radical (unpaired) electrons. The van der Waals surface area contributed by atoms with Crippen LogP contribution in [0.15, 0.2) is 0 Å². The van der Waals surface area contributed by atoms with Crippen LogP contribution in [0.2, 0.25) is 5.48 Å². The van der Waals surface area contributed by atoms with Crippen LogP contribution in [-0.4, -0.2) is 9.12 Å². The topological polar surface area (TPSA) is 0 Å². The molecule has 0 aromatic rings. The van der Waals surface area contributed by atoms with Gasteiger partial charge in [-0.05, 0) is 0 Å². The van der Waals surface area contributed by atoms with Gasteiger partial charge in [0.15, 0.2) is 0 Å². The molecule has 0 aliphatic heterocycles. The first-order valence-corrected chi connectivity index (χ1v) is 18.2. The van der Waals surface area contributed by atoms with E-state index in [0.29, 0.717) is 0 Å². The summed E-state index contributed by atoms with van der Waals surface area (Å²) >= 11 is 5.04. The van der Waals surface area contributed by atoms with Crippen molar-refractivity contribution in [3.05, 3.63) is 0 Å². The summed E-state index contributed by atoms with van der Waals surface area (Å²) in [5, 5.41) is 0. The Morgan fingerprint density at radius 2 is 1.50 bits per heavy atom. The van der Waals surface area contributed by atoms with Crippen molar-refractivity contribution in [2.45, 2.75) is 5.48 Å². The number of hydrogen-bond acceptors (Lipinski definition) is 0. The minimum atomic E-state index is -0.539. The van der Waals surface area contributed by atoms with E-state index in [1.54, 1.807) is 0 Å². The van der Waals surface area contributed by atoms with Crippen LogP contribution in [0.4, 0.5) is 0 Å². The Labute approximate surface area is 53.0 Å². The molecule has 0 amide bonds. The first-order valence-electron chi connectivity index (χ1n) is 1.01. The van der Waals surface area contributed by atoms with E-state index in [4.69, 9.17) is 0 Å². The van der Waals surface area contributed by atoms with E-state index < -0.39 is 9.12 Å². The molecule has 0 aromatic heterocycles. The van der Waals surface area contributed by atoms with Crippen LogP contribution in [0.1, 0.15) is 0 Å². The van der Waals surface area contributed by atoms with E-state index in [9.17, 15) is 0 Å². The summed E-state index contributed by atoms with van der Waals surface area (Å²) in [6, 6.07) is 0. The Morgan fingerprint density at radius 3 is 1.50 bits per heavy atom. The van der Waals surface area contributed by atoms with E-state index in [2.05, 4.69) is 44.8 Å². The summed E-state index contributed by atoms with van der Waals surface area (Å²) < 4.78 is 0. The van der Waals surface area contributed by atoms with Crippen LogP contribution in [0.5, 0.6) is 0 Å². The Kier molecular flexibility index (Phi) is 5.02. The van der Waals surface area contributed by atoms with E-state index >= 15 is 0 Å². The number of rotatable bonds is 0. The van der Waals surface area contributed by atoms with Crippen molar-refractivity contribution in [1.29, 1.82) is 0 Å². The molecule has 0 bridgehead atoms. The van der Waals surface area contributed by atoms with Gasteiger partial charge in [-0.25, -0.2) is 0 Å².